The Labute approximate surface area is 178 Å². The maximum absolute atomic E-state index is 13.8. The van der Waals surface area contributed by atoms with Gasteiger partial charge in [-0.3, -0.25) is 9.59 Å². The van der Waals surface area contributed by atoms with E-state index < -0.39 is 17.7 Å². The molecule has 10 heteroatoms. The van der Waals surface area contributed by atoms with Gasteiger partial charge in [-0.15, -0.1) is 0 Å². The standard InChI is InChI=1S/C21H25F2N5O3/c22-15-1-2-17(23)14(9-15)10-16(24)11-20(29)28-4-3-27-12-18(25-19(27)13-28)21(30)26-5-7-31-8-6-26/h1-2,9,12,16H,3-8,10-11,13,24H2/t16-/m1/s1. The third kappa shape index (κ3) is 4.91. The van der Waals surface area contributed by atoms with Crippen LogP contribution in [0.4, 0.5) is 8.78 Å². The maximum Gasteiger partial charge on any atom is 0.274 e. The van der Waals surface area contributed by atoms with Gasteiger partial charge in [-0.05, 0) is 30.2 Å². The second kappa shape index (κ2) is 9.11. The van der Waals surface area contributed by atoms with Crippen LogP contribution in [0.1, 0.15) is 28.3 Å². The number of halogens is 2. The number of aromatic nitrogens is 2. The maximum atomic E-state index is 13.8. The first-order chi connectivity index (χ1) is 14.9. The lowest BCUT2D eigenvalue weighted by Crippen LogP contribution is -2.41. The van der Waals surface area contributed by atoms with E-state index in [1.807, 2.05) is 4.57 Å². The zero-order valence-corrected chi connectivity index (χ0v) is 17.1. The fourth-order valence-corrected chi connectivity index (χ4v) is 3.90. The summed E-state index contributed by atoms with van der Waals surface area (Å²) in [6.07, 6.45) is 1.81. The number of amides is 2. The number of carbonyl (C=O) groups excluding carboxylic acids is 2. The van der Waals surface area contributed by atoms with Gasteiger partial charge in [-0.1, -0.05) is 0 Å². The minimum Gasteiger partial charge on any atom is -0.378 e. The molecule has 166 valence electrons. The number of imidazole rings is 1. The van der Waals surface area contributed by atoms with Crippen LogP contribution in [0.15, 0.2) is 24.4 Å². The minimum absolute atomic E-state index is 0.0101. The Morgan fingerprint density at radius 3 is 2.68 bits per heavy atom. The molecule has 2 aliphatic rings. The van der Waals surface area contributed by atoms with E-state index in [-0.39, 0.29) is 36.8 Å². The average molecular weight is 433 g/mol. The van der Waals surface area contributed by atoms with Gasteiger partial charge in [-0.25, -0.2) is 13.8 Å². The zero-order chi connectivity index (χ0) is 22.0. The molecule has 0 saturated carbocycles. The third-order valence-corrected chi connectivity index (χ3v) is 5.60. The summed E-state index contributed by atoms with van der Waals surface area (Å²) in [4.78, 5) is 33.1. The van der Waals surface area contributed by atoms with Gasteiger partial charge < -0.3 is 24.8 Å². The largest absolute Gasteiger partial charge is 0.378 e. The molecule has 0 bridgehead atoms. The van der Waals surface area contributed by atoms with E-state index >= 15 is 0 Å². The molecule has 2 aliphatic heterocycles. The predicted molar refractivity (Wildman–Crippen MR) is 107 cm³/mol. The number of fused-ring (bicyclic) bond motifs is 1. The monoisotopic (exact) mass is 433 g/mol. The normalized spacial score (nSPS) is 17.4. The Kier molecular flexibility index (Phi) is 6.28. The number of nitrogens with zero attached hydrogens (tertiary/aromatic N) is 4. The summed E-state index contributed by atoms with van der Waals surface area (Å²) in [5.41, 5.74) is 6.55. The molecule has 1 fully saturated rings. The molecule has 2 amide bonds. The van der Waals surface area contributed by atoms with Crippen molar-refractivity contribution in [2.75, 3.05) is 32.8 Å². The van der Waals surface area contributed by atoms with Gasteiger partial charge in [0, 0.05) is 44.8 Å². The van der Waals surface area contributed by atoms with E-state index in [4.69, 9.17) is 10.5 Å². The van der Waals surface area contributed by atoms with Gasteiger partial charge in [0.25, 0.3) is 5.91 Å². The molecule has 0 aliphatic carbocycles. The Bertz CT molecular complexity index is 974. The van der Waals surface area contributed by atoms with Gasteiger partial charge in [0.1, 0.15) is 23.2 Å². The lowest BCUT2D eigenvalue weighted by atomic mass is 10.0. The molecule has 31 heavy (non-hydrogen) atoms. The molecule has 4 rings (SSSR count). The number of hydrogen-bond donors (Lipinski definition) is 1. The topological polar surface area (TPSA) is 93.7 Å². The second-order valence-electron chi connectivity index (χ2n) is 7.86. The molecule has 1 saturated heterocycles. The van der Waals surface area contributed by atoms with E-state index in [0.717, 1.165) is 18.2 Å². The molecular weight excluding hydrogens is 408 g/mol. The van der Waals surface area contributed by atoms with Crippen molar-refractivity contribution in [1.82, 2.24) is 19.4 Å². The van der Waals surface area contributed by atoms with Crippen molar-refractivity contribution in [3.63, 3.8) is 0 Å². The summed E-state index contributed by atoms with van der Waals surface area (Å²) in [6.45, 7) is 3.37. The average Bonchev–Trinajstić information content (AvgIpc) is 3.19. The van der Waals surface area contributed by atoms with Gasteiger partial charge >= 0.3 is 0 Å². The highest BCUT2D eigenvalue weighted by molar-refractivity contribution is 5.92. The fraction of sp³-hybridized carbons (Fsp3) is 0.476. The summed E-state index contributed by atoms with van der Waals surface area (Å²) in [5, 5.41) is 0. The predicted octanol–water partition coefficient (Wildman–Crippen LogP) is 0.936. The van der Waals surface area contributed by atoms with Crippen molar-refractivity contribution >= 4 is 11.8 Å². The van der Waals surface area contributed by atoms with Crippen molar-refractivity contribution < 1.29 is 23.1 Å². The van der Waals surface area contributed by atoms with E-state index in [1.54, 1.807) is 16.0 Å². The molecule has 3 heterocycles. The first-order valence-corrected chi connectivity index (χ1v) is 10.3. The summed E-state index contributed by atoms with van der Waals surface area (Å²) in [7, 11) is 0. The van der Waals surface area contributed by atoms with Crippen molar-refractivity contribution in [3.05, 3.63) is 53.1 Å². The van der Waals surface area contributed by atoms with Crippen LogP contribution in [0.5, 0.6) is 0 Å². The molecular formula is C21H25F2N5O3. The molecule has 1 atom stereocenters. The van der Waals surface area contributed by atoms with Crippen molar-refractivity contribution in [2.45, 2.75) is 32.0 Å². The molecule has 8 nitrogen and oxygen atoms in total. The van der Waals surface area contributed by atoms with Gasteiger partial charge in [0.05, 0.1) is 19.8 Å². The van der Waals surface area contributed by atoms with Crippen LogP contribution in [-0.2, 0) is 29.0 Å². The van der Waals surface area contributed by atoms with Crippen LogP contribution in [0.25, 0.3) is 0 Å². The molecule has 0 unspecified atom stereocenters. The number of hydrogen-bond acceptors (Lipinski definition) is 5. The summed E-state index contributed by atoms with van der Waals surface area (Å²) < 4.78 is 34.3. The summed E-state index contributed by atoms with van der Waals surface area (Å²) in [5.74, 6) is -0.759. The number of nitrogens with two attached hydrogens (primary N) is 1. The van der Waals surface area contributed by atoms with Gasteiger partial charge in [0.15, 0.2) is 0 Å². The van der Waals surface area contributed by atoms with E-state index in [9.17, 15) is 18.4 Å². The Morgan fingerprint density at radius 1 is 1.13 bits per heavy atom. The molecule has 2 N–H and O–H groups in total. The highest BCUT2D eigenvalue weighted by Gasteiger charge is 2.27. The fourth-order valence-electron chi connectivity index (χ4n) is 3.90. The summed E-state index contributed by atoms with van der Waals surface area (Å²) >= 11 is 0. The lowest BCUT2D eigenvalue weighted by Gasteiger charge is -2.28. The quantitative estimate of drug-likeness (QED) is 0.758. The van der Waals surface area contributed by atoms with E-state index in [1.165, 1.54) is 0 Å². The van der Waals surface area contributed by atoms with Crippen LogP contribution in [0, 0.1) is 11.6 Å². The van der Waals surface area contributed by atoms with Crippen LogP contribution < -0.4 is 5.73 Å². The number of ether oxygens (including phenoxy) is 1. The molecule has 0 spiro atoms. The Balaban J connectivity index is 1.35. The number of morpholine rings is 1. The van der Waals surface area contributed by atoms with Crippen molar-refractivity contribution in [2.24, 2.45) is 5.73 Å². The first kappa shape index (κ1) is 21.4. The van der Waals surface area contributed by atoms with Crippen LogP contribution in [0.2, 0.25) is 0 Å². The van der Waals surface area contributed by atoms with E-state index in [0.29, 0.717) is 50.9 Å². The SMILES string of the molecule is N[C@@H](CC(=O)N1CCn2cc(C(=O)N3CCOCC3)nc2C1)Cc1cc(F)ccc1F. The minimum atomic E-state index is -0.635. The number of carbonyl (C=O) groups is 2. The van der Waals surface area contributed by atoms with Gasteiger partial charge in [-0.2, -0.15) is 0 Å². The Hall–Kier alpha value is -2.85. The molecule has 1 aromatic heterocycles. The van der Waals surface area contributed by atoms with Gasteiger partial charge in [0.2, 0.25) is 5.91 Å². The number of benzene rings is 1. The van der Waals surface area contributed by atoms with Crippen molar-refractivity contribution in [3.8, 4) is 0 Å². The Morgan fingerprint density at radius 2 is 1.90 bits per heavy atom. The molecule has 1 aromatic carbocycles. The van der Waals surface area contributed by atoms with Crippen molar-refractivity contribution in [1.29, 1.82) is 0 Å². The van der Waals surface area contributed by atoms with E-state index in [2.05, 4.69) is 4.98 Å². The van der Waals surface area contributed by atoms with Crippen LogP contribution >= 0.6 is 0 Å². The second-order valence-corrected chi connectivity index (χ2v) is 7.86. The van der Waals surface area contributed by atoms with Crippen LogP contribution in [-0.4, -0.2) is 70.1 Å². The lowest BCUT2D eigenvalue weighted by molar-refractivity contribution is -0.133. The molecule has 0 radical (unpaired) electrons. The molecule has 2 aromatic rings. The smallest absolute Gasteiger partial charge is 0.274 e. The third-order valence-electron chi connectivity index (χ3n) is 5.60. The first-order valence-electron chi connectivity index (χ1n) is 10.3. The highest BCUT2D eigenvalue weighted by atomic mass is 19.1. The van der Waals surface area contributed by atoms with Crippen LogP contribution in [0.3, 0.4) is 0 Å². The zero-order valence-electron chi connectivity index (χ0n) is 17.1. The highest BCUT2D eigenvalue weighted by Crippen LogP contribution is 2.17. The number of rotatable bonds is 5. The summed E-state index contributed by atoms with van der Waals surface area (Å²) in [6, 6.07) is 2.57.